The molecule has 1 aromatic rings. The molecular formula is C7H9NOS2. The third-order valence-corrected chi connectivity index (χ3v) is 3.13. The average Bonchev–Trinajstić information content (AvgIpc) is 2.30. The smallest absolute Gasteiger partial charge is 0.161 e. The number of carbonyl (C=O) groups is 1. The first kappa shape index (κ1) is 8.77. The van der Waals surface area contributed by atoms with Crippen molar-refractivity contribution in [2.45, 2.75) is 18.1 Å². The Bertz CT molecular complexity index is 280. The fourth-order valence-electron chi connectivity index (χ4n) is 0.826. The van der Waals surface area contributed by atoms with E-state index in [-0.39, 0.29) is 5.78 Å². The van der Waals surface area contributed by atoms with E-state index in [0.29, 0.717) is 0 Å². The molecule has 0 aliphatic carbocycles. The van der Waals surface area contributed by atoms with Crippen LogP contribution in [0.3, 0.4) is 0 Å². The van der Waals surface area contributed by atoms with E-state index in [0.717, 1.165) is 26.6 Å². The van der Waals surface area contributed by atoms with Crippen molar-refractivity contribution in [2.75, 3.05) is 0 Å². The number of thiophene rings is 1. The van der Waals surface area contributed by atoms with Crippen LogP contribution in [-0.4, -0.2) is 5.78 Å². The van der Waals surface area contributed by atoms with Crippen molar-refractivity contribution in [3.8, 4) is 0 Å². The fraction of sp³-hybridized carbons (Fsp3) is 0.286. The van der Waals surface area contributed by atoms with Gasteiger partial charge in [0.1, 0.15) is 0 Å². The van der Waals surface area contributed by atoms with Crippen LogP contribution < -0.4 is 5.14 Å². The van der Waals surface area contributed by atoms with Gasteiger partial charge in [-0.2, -0.15) is 0 Å². The number of aryl methyl sites for hydroxylation is 1. The molecule has 0 aliphatic rings. The molecule has 2 nitrogen and oxygen atoms in total. The number of rotatable bonds is 2. The predicted molar refractivity (Wildman–Crippen MR) is 49.1 cm³/mol. The second-order valence-corrected chi connectivity index (χ2v) is 4.39. The van der Waals surface area contributed by atoms with Gasteiger partial charge in [0.05, 0.1) is 4.21 Å². The second kappa shape index (κ2) is 3.38. The summed E-state index contributed by atoms with van der Waals surface area (Å²) in [6, 6.07) is 1.88. The molecule has 1 rings (SSSR count). The Balaban J connectivity index is 3.12. The number of Topliss-reactive ketones (excluding diaryl/α,β-unsaturated/α-hetero) is 1. The van der Waals surface area contributed by atoms with Crippen LogP contribution in [0.5, 0.6) is 0 Å². The topological polar surface area (TPSA) is 43.1 Å². The largest absolute Gasteiger partial charge is 0.294 e. The molecule has 1 heterocycles. The van der Waals surface area contributed by atoms with E-state index in [2.05, 4.69) is 0 Å². The highest BCUT2D eigenvalue weighted by Gasteiger charge is 2.09. The molecule has 0 radical (unpaired) electrons. The number of nitrogens with two attached hydrogens (primary N) is 1. The SMILES string of the molecule is CC(=O)c1cc(C)sc1SN. The van der Waals surface area contributed by atoms with Gasteiger partial charge < -0.3 is 0 Å². The summed E-state index contributed by atoms with van der Waals surface area (Å²) in [6.45, 7) is 3.53. The zero-order valence-electron chi connectivity index (χ0n) is 6.38. The van der Waals surface area contributed by atoms with Gasteiger partial charge in [0.25, 0.3) is 0 Å². The maximum Gasteiger partial charge on any atom is 0.161 e. The van der Waals surface area contributed by atoms with Gasteiger partial charge in [-0.25, -0.2) is 0 Å². The minimum Gasteiger partial charge on any atom is -0.294 e. The molecule has 0 amide bonds. The van der Waals surface area contributed by atoms with Gasteiger partial charge in [0.2, 0.25) is 0 Å². The Hall–Kier alpha value is -0.320. The quantitative estimate of drug-likeness (QED) is 0.570. The third-order valence-electron chi connectivity index (χ3n) is 1.31. The molecule has 0 spiro atoms. The van der Waals surface area contributed by atoms with Crippen LogP contribution in [0.2, 0.25) is 0 Å². The molecule has 0 atom stereocenters. The summed E-state index contributed by atoms with van der Waals surface area (Å²) in [4.78, 5) is 12.1. The van der Waals surface area contributed by atoms with E-state index in [1.807, 2.05) is 13.0 Å². The minimum atomic E-state index is 0.0855. The van der Waals surface area contributed by atoms with E-state index in [1.165, 1.54) is 0 Å². The molecule has 11 heavy (non-hydrogen) atoms. The van der Waals surface area contributed by atoms with Crippen LogP contribution in [0.1, 0.15) is 22.2 Å². The Morgan fingerprint density at radius 2 is 2.36 bits per heavy atom. The lowest BCUT2D eigenvalue weighted by Crippen LogP contribution is -1.91. The molecule has 0 bridgehead atoms. The summed E-state index contributed by atoms with van der Waals surface area (Å²) in [5.41, 5.74) is 0.750. The average molecular weight is 187 g/mol. The van der Waals surface area contributed by atoms with Gasteiger partial charge in [-0.15, -0.1) is 11.3 Å². The molecule has 2 N–H and O–H groups in total. The van der Waals surface area contributed by atoms with Gasteiger partial charge in [-0.05, 0) is 31.9 Å². The molecular weight excluding hydrogens is 178 g/mol. The van der Waals surface area contributed by atoms with Crippen LogP contribution in [0.15, 0.2) is 10.3 Å². The lowest BCUT2D eigenvalue weighted by atomic mass is 10.2. The Kier molecular flexibility index (Phi) is 2.70. The molecule has 0 saturated heterocycles. The summed E-state index contributed by atoms with van der Waals surface area (Å²) < 4.78 is 0.912. The number of hydrogen-bond donors (Lipinski definition) is 1. The zero-order chi connectivity index (χ0) is 8.43. The highest BCUT2D eigenvalue weighted by molar-refractivity contribution is 7.99. The molecule has 0 saturated carbocycles. The van der Waals surface area contributed by atoms with Crippen molar-refractivity contribution in [1.29, 1.82) is 0 Å². The summed E-state index contributed by atoms with van der Waals surface area (Å²) in [5, 5.41) is 5.38. The summed E-state index contributed by atoms with van der Waals surface area (Å²) in [5.74, 6) is 0.0855. The number of hydrogen-bond acceptors (Lipinski definition) is 4. The van der Waals surface area contributed by atoms with Crippen LogP contribution in [0.25, 0.3) is 0 Å². The monoisotopic (exact) mass is 187 g/mol. The molecule has 0 aromatic carbocycles. The first-order chi connectivity index (χ1) is 5.15. The number of carbonyl (C=O) groups excluding carboxylic acids is 1. The highest BCUT2D eigenvalue weighted by Crippen LogP contribution is 2.28. The predicted octanol–water partition coefficient (Wildman–Crippen LogP) is 2.22. The van der Waals surface area contributed by atoms with Crippen molar-refractivity contribution in [3.63, 3.8) is 0 Å². The van der Waals surface area contributed by atoms with E-state index >= 15 is 0 Å². The maximum absolute atomic E-state index is 11.0. The molecule has 60 valence electrons. The minimum absolute atomic E-state index is 0.0855. The van der Waals surface area contributed by atoms with Crippen molar-refractivity contribution in [3.05, 3.63) is 16.5 Å². The van der Waals surface area contributed by atoms with Crippen LogP contribution in [-0.2, 0) is 0 Å². The van der Waals surface area contributed by atoms with Crippen molar-refractivity contribution >= 4 is 29.1 Å². The van der Waals surface area contributed by atoms with Crippen LogP contribution >= 0.6 is 23.3 Å². The first-order valence-electron chi connectivity index (χ1n) is 3.13. The highest BCUT2D eigenvalue weighted by atomic mass is 32.2. The summed E-state index contributed by atoms with van der Waals surface area (Å²) >= 11 is 2.70. The zero-order valence-corrected chi connectivity index (χ0v) is 8.01. The third kappa shape index (κ3) is 1.83. The molecule has 1 aromatic heterocycles. The van der Waals surface area contributed by atoms with Gasteiger partial charge in [-0.3, -0.25) is 9.93 Å². The van der Waals surface area contributed by atoms with Gasteiger partial charge in [-0.1, -0.05) is 0 Å². The van der Waals surface area contributed by atoms with E-state index in [9.17, 15) is 4.79 Å². The fourth-order valence-corrected chi connectivity index (χ4v) is 2.52. The first-order valence-corrected chi connectivity index (χ1v) is 4.83. The number of ketones is 1. The lowest BCUT2D eigenvalue weighted by molar-refractivity contribution is 0.101. The van der Waals surface area contributed by atoms with Crippen molar-refractivity contribution in [2.24, 2.45) is 5.14 Å². The maximum atomic E-state index is 11.0. The normalized spacial score (nSPS) is 10.1. The molecule has 4 heteroatoms. The van der Waals surface area contributed by atoms with Gasteiger partial charge >= 0.3 is 0 Å². The van der Waals surface area contributed by atoms with Crippen molar-refractivity contribution in [1.82, 2.24) is 0 Å². The molecule has 0 aliphatic heterocycles. The molecule has 0 unspecified atom stereocenters. The van der Waals surface area contributed by atoms with E-state index in [4.69, 9.17) is 5.14 Å². The lowest BCUT2D eigenvalue weighted by Gasteiger charge is -1.91. The Morgan fingerprint density at radius 3 is 2.73 bits per heavy atom. The van der Waals surface area contributed by atoms with E-state index in [1.54, 1.807) is 18.3 Å². The summed E-state index contributed by atoms with van der Waals surface area (Å²) in [7, 11) is 0. The summed E-state index contributed by atoms with van der Waals surface area (Å²) in [6.07, 6.45) is 0. The van der Waals surface area contributed by atoms with Crippen molar-refractivity contribution < 1.29 is 4.79 Å². The van der Waals surface area contributed by atoms with Crippen LogP contribution in [0.4, 0.5) is 0 Å². The van der Waals surface area contributed by atoms with Gasteiger partial charge in [0.15, 0.2) is 5.78 Å². The Morgan fingerprint density at radius 1 is 1.73 bits per heavy atom. The molecule has 0 fully saturated rings. The van der Waals surface area contributed by atoms with Crippen LogP contribution in [0, 0.1) is 6.92 Å². The second-order valence-electron chi connectivity index (χ2n) is 2.23. The van der Waals surface area contributed by atoms with Gasteiger partial charge in [0, 0.05) is 10.4 Å². The van der Waals surface area contributed by atoms with E-state index < -0.39 is 0 Å². The standard InChI is InChI=1S/C7H9NOS2/c1-4-3-6(5(2)9)7(10-4)11-8/h3H,8H2,1-2H3. The Labute approximate surface area is 73.9 Å².